The number of benzene rings is 1. The highest BCUT2D eigenvalue weighted by Gasteiger charge is 2.20. The molecule has 1 aromatic heterocycles. The van der Waals surface area contributed by atoms with Crippen molar-refractivity contribution in [3.05, 3.63) is 41.1 Å². The Kier molecular flexibility index (Phi) is 5.47. The monoisotopic (exact) mass is 331 g/mol. The lowest BCUT2D eigenvalue weighted by atomic mass is 10.1. The van der Waals surface area contributed by atoms with Crippen molar-refractivity contribution in [2.45, 2.75) is 20.8 Å². The van der Waals surface area contributed by atoms with E-state index < -0.39 is 12.0 Å². The summed E-state index contributed by atoms with van der Waals surface area (Å²) in [4.78, 5) is 27.2. The van der Waals surface area contributed by atoms with Gasteiger partial charge in [0.1, 0.15) is 11.6 Å². The largest absolute Gasteiger partial charge is 0.495 e. The highest BCUT2D eigenvalue weighted by Crippen LogP contribution is 2.25. The van der Waals surface area contributed by atoms with Gasteiger partial charge in [0.05, 0.1) is 25.0 Å². The fourth-order valence-corrected chi connectivity index (χ4v) is 2.40. The number of urea groups is 1. The van der Waals surface area contributed by atoms with E-state index in [1.165, 1.54) is 7.11 Å². The van der Waals surface area contributed by atoms with Crippen LogP contribution in [0.2, 0.25) is 0 Å². The number of nitrogens with one attached hydrogen (secondary N) is 3. The van der Waals surface area contributed by atoms with Gasteiger partial charge in [0.25, 0.3) is 0 Å². The molecule has 0 saturated carbocycles. The standard InChI is InChI=1S/C17H21N3O4/c1-5-24-16(21)14-10(2)15(18-11(14)3)20-17(22)19-12-8-6-7-9-13(12)23-4/h6-9,18H,5H2,1-4H3,(H2,19,20,22). The van der Waals surface area contributed by atoms with E-state index in [-0.39, 0.29) is 0 Å². The van der Waals surface area contributed by atoms with E-state index in [0.717, 1.165) is 0 Å². The van der Waals surface area contributed by atoms with E-state index in [2.05, 4.69) is 15.6 Å². The fourth-order valence-electron chi connectivity index (χ4n) is 2.40. The Morgan fingerprint density at radius 1 is 1.17 bits per heavy atom. The van der Waals surface area contributed by atoms with Gasteiger partial charge in [-0.3, -0.25) is 5.32 Å². The van der Waals surface area contributed by atoms with Crippen molar-refractivity contribution in [1.82, 2.24) is 4.98 Å². The molecule has 0 aliphatic heterocycles. The summed E-state index contributed by atoms with van der Waals surface area (Å²) in [5.74, 6) is 0.587. The zero-order chi connectivity index (χ0) is 17.7. The third kappa shape index (κ3) is 3.68. The van der Waals surface area contributed by atoms with E-state index in [1.807, 2.05) is 6.07 Å². The zero-order valence-corrected chi connectivity index (χ0v) is 14.1. The number of aryl methyl sites for hydroxylation is 1. The van der Waals surface area contributed by atoms with Gasteiger partial charge < -0.3 is 19.8 Å². The predicted molar refractivity (Wildman–Crippen MR) is 91.9 cm³/mol. The lowest BCUT2D eigenvalue weighted by molar-refractivity contribution is 0.0525. The van der Waals surface area contributed by atoms with Gasteiger partial charge in [0.2, 0.25) is 0 Å². The number of aromatic amines is 1. The second kappa shape index (κ2) is 7.54. The van der Waals surface area contributed by atoms with Crippen LogP contribution >= 0.6 is 0 Å². The number of carbonyl (C=O) groups excluding carboxylic acids is 2. The highest BCUT2D eigenvalue weighted by atomic mass is 16.5. The Hall–Kier alpha value is -2.96. The Morgan fingerprint density at radius 2 is 1.88 bits per heavy atom. The first-order chi connectivity index (χ1) is 11.5. The molecule has 7 nitrogen and oxygen atoms in total. The van der Waals surface area contributed by atoms with E-state index in [1.54, 1.807) is 39.0 Å². The second-order valence-corrected chi connectivity index (χ2v) is 5.12. The molecule has 2 rings (SSSR count). The molecule has 0 atom stereocenters. The van der Waals surface area contributed by atoms with Crippen molar-refractivity contribution < 1.29 is 19.1 Å². The molecule has 2 amide bonds. The average molecular weight is 331 g/mol. The van der Waals surface area contributed by atoms with Gasteiger partial charge in [-0.05, 0) is 32.9 Å². The summed E-state index contributed by atoms with van der Waals surface area (Å²) in [6.07, 6.45) is 0. The summed E-state index contributed by atoms with van der Waals surface area (Å²) in [5, 5.41) is 5.41. The third-order valence-electron chi connectivity index (χ3n) is 3.51. The van der Waals surface area contributed by atoms with Crippen molar-refractivity contribution in [3.63, 3.8) is 0 Å². The third-order valence-corrected chi connectivity index (χ3v) is 3.51. The zero-order valence-electron chi connectivity index (χ0n) is 14.1. The maximum Gasteiger partial charge on any atom is 0.340 e. The Labute approximate surface area is 140 Å². The molecule has 0 fully saturated rings. The molecule has 2 aromatic rings. The lowest BCUT2D eigenvalue weighted by Crippen LogP contribution is -2.20. The topological polar surface area (TPSA) is 92.5 Å². The first kappa shape index (κ1) is 17.4. The van der Waals surface area contributed by atoms with Gasteiger partial charge in [-0.25, -0.2) is 9.59 Å². The minimum Gasteiger partial charge on any atom is -0.495 e. The molecule has 24 heavy (non-hydrogen) atoms. The quantitative estimate of drug-likeness (QED) is 0.732. The number of esters is 1. The number of H-pyrrole nitrogens is 1. The van der Waals surface area contributed by atoms with Crippen molar-refractivity contribution >= 4 is 23.5 Å². The van der Waals surface area contributed by atoms with Crippen LogP contribution in [0.15, 0.2) is 24.3 Å². The smallest absolute Gasteiger partial charge is 0.340 e. The summed E-state index contributed by atoms with van der Waals surface area (Å²) >= 11 is 0. The van der Waals surface area contributed by atoms with E-state index in [9.17, 15) is 9.59 Å². The number of hydrogen-bond donors (Lipinski definition) is 3. The SMILES string of the molecule is CCOC(=O)c1c(C)[nH]c(NC(=O)Nc2ccccc2OC)c1C. The van der Waals surface area contributed by atoms with E-state index in [4.69, 9.17) is 9.47 Å². The maximum atomic E-state index is 12.2. The van der Waals surface area contributed by atoms with Crippen LogP contribution in [0.5, 0.6) is 5.75 Å². The number of amides is 2. The molecule has 0 saturated heterocycles. The van der Waals surface area contributed by atoms with Crippen LogP contribution in [-0.2, 0) is 4.74 Å². The normalized spacial score (nSPS) is 10.2. The number of methoxy groups -OCH3 is 1. The highest BCUT2D eigenvalue weighted by molar-refractivity contribution is 6.02. The van der Waals surface area contributed by atoms with E-state index >= 15 is 0 Å². The number of hydrogen-bond acceptors (Lipinski definition) is 4. The predicted octanol–water partition coefficient (Wildman–Crippen LogP) is 3.46. The number of aromatic nitrogens is 1. The fraction of sp³-hybridized carbons (Fsp3) is 0.294. The molecule has 0 aliphatic carbocycles. The number of anilines is 2. The Morgan fingerprint density at radius 3 is 2.54 bits per heavy atom. The summed E-state index contributed by atoms with van der Waals surface area (Å²) in [6, 6.07) is 6.64. The molecule has 1 aromatic carbocycles. The average Bonchev–Trinajstić information content (AvgIpc) is 2.82. The van der Waals surface area contributed by atoms with Crippen LogP contribution < -0.4 is 15.4 Å². The molecule has 3 N–H and O–H groups in total. The second-order valence-electron chi connectivity index (χ2n) is 5.12. The number of para-hydroxylation sites is 2. The Bertz CT molecular complexity index is 752. The van der Waals surface area contributed by atoms with Crippen molar-refractivity contribution in [2.24, 2.45) is 0 Å². The van der Waals surface area contributed by atoms with Crippen LogP contribution in [0.3, 0.4) is 0 Å². The summed E-state index contributed by atoms with van der Waals surface area (Å²) in [5.41, 5.74) is 2.24. The molecule has 0 spiro atoms. The molecule has 1 heterocycles. The molecular weight excluding hydrogens is 310 g/mol. The van der Waals surface area contributed by atoms with Gasteiger partial charge >= 0.3 is 12.0 Å². The maximum absolute atomic E-state index is 12.2. The summed E-state index contributed by atoms with van der Waals surface area (Å²) < 4.78 is 10.2. The van der Waals surface area contributed by atoms with Gasteiger partial charge in [0.15, 0.2) is 0 Å². The van der Waals surface area contributed by atoms with Crippen molar-refractivity contribution in [1.29, 1.82) is 0 Å². The first-order valence-corrected chi connectivity index (χ1v) is 7.55. The molecule has 0 bridgehead atoms. The van der Waals surface area contributed by atoms with E-state index in [0.29, 0.717) is 40.7 Å². The Balaban J connectivity index is 2.15. The minimum absolute atomic E-state index is 0.292. The summed E-state index contributed by atoms with van der Waals surface area (Å²) in [7, 11) is 1.53. The van der Waals surface area contributed by atoms with Crippen LogP contribution in [-0.4, -0.2) is 30.7 Å². The van der Waals surface area contributed by atoms with Crippen LogP contribution in [0.1, 0.15) is 28.5 Å². The van der Waals surface area contributed by atoms with Crippen LogP contribution in [0, 0.1) is 13.8 Å². The molecule has 128 valence electrons. The molecule has 0 unspecified atom stereocenters. The van der Waals surface area contributed by atoms with Gasteiger partial charge in [-0.2, -0.15) is 0 Å². The van der Waals surface area contributed by atoms with Gasteiger partial charge in [-0.1, -0.05) is 12.1 Å². The minimum atomic E-state index is -0.445. The summed E-state index contributed by atoms with van der Waals surface area (Å²) in [6.45, 7) is 5.53. The molecule has 0 radical (unpaired) electrons. The molecule has 7 heteroatoms. The van der Waals surface area contributed by atoms with Gasteiger partial charge in [0, 0.05) is 11.3 Å². The number of rotatable bonds is 5. The number of ether oxygens (including phenoxy) is 2. The molecular formula is C17H21N3O4. The number of carbonyl (C=O) groups is 2. The molecule has 0 aliphatic rings. The van der Waals surface area contributed by atoms with Gasteiger partial charge in [-0.15, -0.1) is 0 Å². The van der Waals surface area contributed by atoms with Crippen molar-refractivity contribution in [2.75, 3.05) is 24.4 Å². The van der Waals surface area contributed by atoms with Crippen molar-refractivity contribution in [3.8, 4) is 5.75 Å². The van der Waals surface area contributed by atoms with Crippen LogP contribution in [0.4, 0.5) is 16.3 Å². The first-order valence-electron chi connectivity index (χ1n) is 7.55. The van der Waals surface area contributed by atoms with Crippen LogP contribution in [0.25, 0.3) is 0 Å². The lowest BCUT2D eigenvalue weighted by Gasteiger charge is -2.10.